The standard InChI is InChI=1S/C29H30O7/c1-14-3-5-16(6-4-14)7-8-17-9-10-21(31)25-20(17)12-18-11-19-13-22(32)23(15(2)30)27(34)29(19,36)28(35)24(18)26(25)33/h3-6,9-10,18-19,24,28,31,34-36H,7-8,11-13H2,1-2H3/t18-,19+,24?,28?,29-/m1/s1. The molecular formula is C29H30O7. The van der Waals surface area contributed by atoms with Crippen LogP contribution in [0, 0.1) is 24.7 Å². The predicted molar refractivity (Wildman–Crippen MR) is 131 cm³/mol. The van der Waals surface area contributed by atoms with Gasteiger partial charge in [-0.3, -0.25) is 14.4 Å². The third-order valence-electron chi connectivity index (χ3n) is 8.39. The Kier molecular flexibility index (Phi) is 5.88. The lowest BCUT2D eigenvalue weighted by Crippen LogP contribution is -2.64. The fourth-order valence-electron chi connectivity index (χ4n) is 6.51. The quantitative estimate of drug-likeness (QED) is 0.485. The molecule has 4 N–H and O–H groups in total. The lowest BCUT2D eigenvalue weighted by molar-refractivity contribution is -0.170. The van der Waals surface area contributed by atoms with E-state index in [1.54, 1.807) is 0 Å². The van der Waals surface area contributed by atoms with Crippen LogP contribution in [0.25, 0.3) is 0 Å². The highest BCUT2D eigenvalue weighted by Gasteiger charge is 2.62. The summed E-state index contributed by atoms with van der Waals surface area (Å²) in [5.74, 6) is -5.09. The van der Waals surface area contributed by atoms with E-state index >= 15 is 0 Å². The third kappa shape index (κ3) is 3.61. The number of aliphatic hydroxyl groups is 3. The van der Waals surface area contributed by atoms with Gasteiger partial charge >= 0.3 is 0 Å². The van der Waals surface area contributed by atoms with Gasteiger partial charge in [-0.05, 0) is 68.2 Å². The van der Waals surface area contributed by atoms with Crippen LogP contribution < -0.4 is 0 Å². The van der Waals surface area contributed by atoms with E-state index in [9.17, 15) is 34.8 Å². The van der Waals surface area contributed by atoms with E-state index in [0.29, 0.717) is 12.8 Å². The monoisotopic (exact) mass is 490 g/mol. The van der Waals surface area contributed by atoms with Crippen LogP contribution in [0.1, 0.15) is 52.4 Å². The number of aryl methyl sites for hydroxylation is 3. The topological polar surface area (TPSA) is 132 Å². The molecule has 0 aliphatic heterocycles. The number of aliphatic hydroxyl groups excluding tert-OH is 2. The van der Waals surface area contributed by atoms with Gasteiger partial charge in [0, 0.05) is 12.3 Å². The largest absolute Gasteiger partial charge is 0.508 e. The molecule has 0 spiro atoms. The summed E-state index contributed by atoms with van der Waals surface area (Å²) in [5.41, 5.74) is 1.35. The SMILES string of the molecule is CC(=O)C1=C(O)[C@@]2(O)C(O)C3C(=O)c4c(O)ccc(CCc5ccc(C)cc5)c4C[C@H]3C[C@H]2CC1=O. The van der Waals surface area contributed by atoms with Crippen LogP contribution in [-0.4, -0.2) is 49.5 Å². The Morgan fingerprint density at radius 2 is 1.72 bits per heavy atom. The highest BCUT2D eigenvalue weighted by atomic mass is 16.4. The van der Waals surface area contributed by atoms with Crippen molar-refractivity contribution in [1.29, 1.82) is 0 Å². The molecule has 2 unspecified atom stereocenters. The Labute approximate surface area is 209 Å². The van der Waals surface area contributed by atoms with Crippen molar-refractivity contribution in [1.82, 2.24) is 0 Å². The number of benzene rings is 2. The smallest absolute Gasteiger partial charge is 0.172 e. The summed E-state index contributed by atoms with van der Waals surface area (Å²) < 4.78 is 0. The molecule has 0 heterocycles. The fourth-order valence-corrected chi connectivity index (χ4v) is 6.51. The van der Waals surface area contributed by atoms with E-state index in [2.05, 4.69) is 12.1 Å². The Hall–Kier alpha value is -3.29. The summed E-state index contributed by atoms with van der Waals surface area (Å²) in [4.78, 5) is 38.3. The van der Waals surface area contributed by atoms with Crippen molar-refractivity contribution in [3.05, 3.63) is 75.5 Å². The van der Waals surface area contributed by atoms with Gasteiger partial charge in [0.25, 0.3) is 0 Å². The summed E-state index contributed by atoms with van der Waals surface area (Å²) in [6, 6.07) is 11.5. The summed E-state index contributed by atoms with van der Waals surface area (Å²) in [6.07, 6.45) is 0.113. The van der Waals surface area contributed by atoms with Crippen LogP contribution in [0.2, 0.25) is 0 Å². The van der Waals surface area contributed by atoms with Crippen molar-refractivity contribution >= 4 is 17.3 Å². The summed E-state index contributed by atoms with van der Waals surface area (Å²) in [5, 5.41) is 44.1. The third-order valence-corrected chi connectivity index (χ3v) is 8.39. The number of hydrogen-bond donors (Lipinski definition) is 4. The molecule has 36 heavy (non-hydrogen) atoms. The molecule has 5 rings (SSSR count). The number of ketones is 3. The molecule has 0 bridgehead atoms. The second-order valence-electron chi connectivity index (χ2n) is 10.5. The molecule has 2 aromatic rings. The molecule has 3 aliphatic carbocycles. The van der Waals surface area contributed by atoms with E-state index < -0.39 is 52.2 Å². The van der Waals surface area contributed by atoms with E-state index in [0.717, 1.165) is 30.0 Å². The Balaban J connectivity index is 1.51. The average Bonchev–Trinajstić information content (AvgIpc) is 2.81. The number of phenolic OH excluding ortho intramolecular Hbond substituents is 1. The molecule has 3 aliphatic rings. The maximum atomic E-state index is 13.7. The lowest BCUT2D eigenvalue weighted by atomic mass is 9.55. The first kappa shape index (κ1) is 24.4. The molecule has 0 radical (unpaired) electrons. The maximum Gasteiger partial charge on any atom is 0.172 e. The zero-order valence-corrected chi connectivity index (χ0v) is 20.3. The van der Waals surface area contributed by atoms with Gasteiger partial charge < -0.3 is 20.4 Å². The van der Waals surface area contributed by atoms with Crippen LogP contribution in [0.15, 0.2) is 47.7 Å². The first-order valence-electron chi connectivity index (χ1n) is 12.4. The normalized spacial score (nSPS) is 29.4. The second kappa shape index (κ2) is 8.68. The molecule has 1 fully saturated rings. The van der Waals surface area contributed by atoms with Crippen LogP contribution in [-0.2, 0) is 28.9 Å². The number of Topliss-reactive ketones (excluding diaryl/α,β-unsaturated/α-hetero) is 3. The summed E-state index contributed by atoms with van der Waals surface area (Å²) in [6.45, 7) is 3.14. The molecule has 2 aromatic carbocycles. The van der Waals surface area contributed by atoms with Crippen LogP contribution in [0.4, 0.5) is 0 Å². The second-order valence-corrected chi connectivity index (χ2v) is 10.5. The Morgan fingerprint density at radius 3 is 2.39 bits per heavy atom. The minimum atomic E-state index is -2.28. The number of allylic oxidation sites excluding steroid dienone is 1. The zero-order chi connectivity index (χ0) is 25.9. The Bertz CT molecular complexity index is 1310. The molecule has 5 atom stereocenters. The van der Waals surface area contributed by atoms with Gasteiger partial charge in [0.15, 0.2) is 23.0 Å². The Morgan fingerprint density at radius 1 is 1.03 bits per heavy atom. The average molecular weight is 491 g/mol. The lowest BCUT2D eigenvalue weighted by Gasteiger charge is -2.52. The number of hydrogen-bond acceptors (Lipinski definition) is 7. The summed E-state index contributed by atoms with van der Waals surface area (Å²) >= 11 is 0. The number of carbonyl (C=O) groups is 3. The van der Waals surface area contributed by atoms with Gasteiger partial charge in [-0.1, -0.05) is 35.9 Å². The number of carbonyl (C=O) groups excluding carboxylic acids is 3. The number of fused-ring (bicyclic) bond motifs is 3. The molecule has 0 saturated heterocycles. The number of rotatable bonds is 4. The predicted octanol–water partition coefficient (Wildman–Crippen LogP) is 2.94. The molecule has 7 heteroatoms. The minimum Gasteiger partial charge on any atom is -0.508 e. The van der Waals surface area contributed by atoms with Gasteiger partial charge in [-0.25, -0.2) is 0 Å². The minimum absolute atomic E-state index is 0.140. The van der Waals surface area contributed by atoms with Crippen molar-refractivity contribution < 1.29 is 34.8 Å². The van der Waals surface area contributed by atoms with Gasteiger partial charge in [0.2, 0.25) is 0 Å². The molecule has 0 aromatic heterocycles. The first-order valence-corrected chi connectivity index (χ1v) is 12.4. The van der Waals surface area contributed by atoms with Gasteiger partial charge in [-0.15, -0.1) is 0 Å². The van der Waals surface area contributed by atoms with Crippen molar-refractivity contribution in [2.75, 3.05) is 0 Å². The van der Waals surface area contributed by atoms with E-state index in [-0.39, 0.29) is 30.1 Å². The molecule has 1 saturated carbocycles. The van der Waals surface area contributed by atoms with Crippen LogP contribution >= 0.6 is 0 Å². The van der Waals surface area contributed by atoms with Crippen LogP contribution in [0.5, 0.6) is 5.75 Å². The molecule has 188 valence electrons. The fraction of sp³-hybridized carbons (Fsp3) is 0.414. The number of aromatic hydroxyl groups is 1. The molecular weight excluding hydrogens is 460 g/mol. The van der Waals surface area contributed by atoms with E-state index in [1.165, 1.54) is 11.6 Å². The highest BCUT2D eigenvalue weighted by molar-refractivity contribution is 6.20. The molecule has 7 nitrogen and oxygen atoms in total. The summed E-state index contributed by atoms with van der Waals surface area (Å²) in [7, 11) is 0. The van der Waals surface area contributed by atoms with E-state index in [4.69, 9.17) is 0 Å². The maximum absolute atomic E-state index is 13.7. The van der Waals surface area contributed by atoms with Crippen LogP contribution in [0.3, 0.4) is 0 Å². The van der Waals surface area contributed by atoms with Gasteiger partial charge in [0.1, 0.15) is 23.2 Å². The van der Waals surface area contributed by atoms with Crippen molar-refractivity contribution in [3.8, 4) is 5.75 Å². The highest BCUT2D eigenvalue weighted by Crippen LogP contribution is 2.53. The van der Waals surface area contributed by atoms with Gasteiger partial charge in [-0.2, -0.15) is 0 Å². The first-order chi connectivity index (χ1) is 17.0. The van der Waals surface area contributed by atoms with Crippen molar-refractivity contribution in [2.24, 2.45) is 17.8 Å². The van der Waals surface area contributed by atoms with Crippen molar-refractivity contribution in [3.63, 3.8) is 0 Å². The molecule has 0 amide bonds. The van der Waals surface area contributed by atoms with E-state index in [1.807, 2.05) is 25.1 Å². The number of phenols is 1. The van der Waals surface area contributed by atoms with Crippen molar-refractivity contribution in [2.45, 2.75) is 57.7 Å². The van der Waals surface area contributed by atoms with Gasteiger partial charge in [0.05, 0.1) is 11.5 Å². The zero-order valence-electron chi connectivity index (χ0n) is 20.3.